The van der Waals surface area contributed by atoms with Crippen LogP contribution in [0.2, 0.25) is 0 Å². The van der Waals surface area contributed by atoms with Crippen LogP contribution in [-0.2, 0) is 4.74 Å². The Morgan fingerprint density at radius 1 is 1.42 bits per heavy atom. The summed E-state index contributed by atoms with van der Waals surface area (Å²) >= 11 is 0. The van der Waals surface area contributed by atoms with Crippen molar-refractivity contribution < 1.29 is 4.74 Å². The molecule has 0 spiro atoms. The Morgan fingerprint density at radius 2 is 2.11 bits per heavy atom. The standard InChI is InChI=1S/C15H25N3O/c1-10-6-7-17-12(8-10)13(18-16)11-9-14(2,3)19-15(11,4)5/h6-8,11,13,18H,9,16H2,1-5H3. The molecular weight excluding hydrogens is 238 g/mol. The summed E-state index contributed by atoms with van der Waals surface area (Å²) in [5, 5.41) is 0. The minimum absolute atomic E-state index is 0.0108. The molecule has 106 valence electrons. The van der Waals surface area contributed by atoms with Crippen molar-refractivity contribution in [2.24, 2.45) is 11.8 Å². The van der Waals surface area contributed by atoms with E-state index in [1.807, 2.05) is 12.3 Å². The first-order chi connectivity index (χ1) is 8.75. The maximum absolute atomic E-state index is 6.16. The summed E-state index contributed by atoms with van der Waals surface area (Å²) in [6, 6.07) is 4.10. The Morgan fingerprint density at radius 3 is 2.58 bits per heavy atom. The van der Waals surface area contributed by atoms with Crippen LogP contribution in [0.3, 0.4) is 0 Å². The minimum atomic E-state index is -0.216. The van der Waals surface area contributed by atoms with Gasteiger partial charge in [-0.05, 0) is 58.7 Å². The lowest BCUT2D eigenvalue weighted by Crippen LogP contribution is -2.41. The van der Waals surface area contributed by atoms with Crippen LogP contribution in [0.1, 0.15) is 51.4 Å². The number of nitrogens with two attached hydrogens (primary N) is 1. The van der Waals surface area contributed by atoms with Gasteiger partial charge in [0.2, 0.25) is 0 Å². The molecule has 0 radical (unpaired) electrons. The predicted octanol–water partition coefficient (Wildman–Crippen LogP) is 2.49. The molecule has 0 amide bonds. The molecular formula is C15H25N3O. The fourth-order valence-corrected chi connectivity index (χ4v) is 3.26. The fourth-order valence-electron chi connectivity index (χ4n) is 3.26. The van der Waals surface area contributed by atoms with Gasteiger partial charge < -0.3 is 4.74 Å². The summed E-state index contributed by atoms with van der Waals surface area (Å²) in [6.45, 7) is 10.6. The third-order valence-corrected chi connectivity index (χ3v) is 3.98. The van der Waals surface area contributed by atoms with Gasteiger partial charge in [-0.25, -0.2) is 0 Å². The Bertz CT molecular complexity index is 456. The van der Waals surface area contributed by atoms with Crippen LogP contribution in [0.4, 0.5) is 0 Å². The number of hydrogen-bond acceptors (Lipinski definition) is 4. The van der Waals surface area contributed by atoms with Crippen molar-refractivity contribution in [1.82, 2.24) is 10.4 Å². The Labute approximate surface area is 115 Å². The Balaban J connectivity index is 2.32. The van der Waals surface area contributed by atoms with E-state index in [0.717, 1.165) is 12.1 Å². The first kappa shape index (κ1) is 14.4. The van der Waals surface area contributed by atoms with Gasteiger partial charge >= 0.3 is 0 Å². The molecule has 3 N–H and O–H groups in total. The summed E-state index contributed by atoms with van der Waals surface area (Å²) < 4.78 is 6.16. The van der Waals surface area contributed by atoms with Crippen LogP contribution in [0, 0.1) is 12.8 Å². The van der Waals surface area contributed by atoms with Gasteiger partial charge in [-0.15, -0.1) is 0 Å². The lowest BCUT2D eigenvalue weighted by atomic mass is 9.80. The van der Waals surface area contributed by atoms with Crippen molar-refractivity contribution in [3.63, 3.8) is 0 Å². The molecule has 19 heavy (non-hydrogen) atoms. The Hall–Kier alpha value is -0.970. The third kappa shape index (κ3) is 2.96. The average molecular weight is 263 g/mol. The van der Waals surface area contributed by atoms with Gasteiger partial charge in [-0.3, -0.25) is 16.3 Å². The second-order valence-electron chi connectivity index (χ2n) is 6.68. The normalized spacial score (nSPS) is 26.3. The highest BCUT2D eigenvalue weighted by Gasteiger charge is 2.49. The molecule has 0 aliphatic carbocycles. The monoisotopic (exact) mass is 263 g/mol. The maximum Gasteiger partial charge on any atom is 0.0688 e. The van der Waals surface area contributed by atoms with Crippen molar-refractivity contribution in [2.45, 2.75) is 58.3 Å². The van der Waals surface area contributed by atoms with Crippen molar-refractivity contribution in [2.75, 3.05) is 0 Å². The number of hydrogen-bond donors (Lipinski definition) is 2. The van der Waals surface area contributed by atoms with Crippen LogP contribution >= 0.6 is 0 Å². The van der Waals surface area contributed by atoms with E-state index >= 15 is 0 Å². The van der Waals surface area contributed by atoms with Crippen LogP contribution in [0.5, 0.6) is 0 Å². The largest absolute Gasteiger partial charge is 0.369 e. The zero-order valence-corrected chi connectivity index (χ0v) is 12.5. The van der Waals surface area contributed by atoms with Crippen LogP contribution < -0.4 is 11.3 Å². The molecule has 2 atom stereocenters. The molecule has 0 bridgehead atoms. The molecule has 2 rings (SSSR count). The fraction of sp³-hybridized carbons (Fsp3) is 0.667. The smallest absolute Gasteiger partial charge is 0.0688 e. The molecule has 2 heterocycles. The summed E-state index contributed by atoms with van der Waals surface area (Å²) in [5.74, 6) is 6.09. The molecule has 0 saturated carbocycles. The van der Waals surface area contributed by atoms with Gasteiger partial charge in [0.25, 0.3) is 0 Å². The number of aromatic nitrogens is 1. The van der Waals surface area contributed by atoms with E-state index in [0.29, 0.717) is 5.92 Å². The van der Waals surface area contributed by atoms with Crippen molar-refractivity contribution in [3.8, 4) is 0 Å². The summed E-state index contributed by atoms with van der Waals surface area (Å²) in [5.41, 5.74) is 4.79. The highest BCUT2D eigenvalue weighted by molar-refractivity contribution is 5.19. The number of hydrazine groups is 1. The highest BCUT2D eigenvalue weighted by Crippen LogP contribution is 2.47. The number of rotatable bonds is 3. The minimum Gasteiger partial charge on any atom is -0.369 e. The van der Waals surface area contributed by atoms with Gasteiger partial charge in [0.15, 0.2) is 0 Å². The average Bonchev–Trinajstić information content (AvgIpc) is 2.48. The zero-order chi connectivity index (χ0) is 14.3. The van der Waals surface area contributed by atoms with E-state index in [1.54, 1.807) is 0 Å². The summed E-state index contributed by atoms with van der Waals surface area (Å²) in [6.07, 6.45) is 2.80. The third-order valence-electron chi connectivity index (χ3n) is 3.98. The van der Waals surface area contributed by atoms with Gasteiger partial charge in [0, 0.05) is 12.1 Å². The van der Waals surface area contributed by atoms with Gasteiger partial charge in [0.1, 0.15) is 0 Å². The Kier molecular flexibility index (Phi) is 3.69. The highest BCUT2D eigenvalue weighted by atomic mass is 16.5. The number of nitrogens with zero attached hydrogens (tertiary/aromatic N) is 1. The molecule has 1 saturated heterocycles. The van der Waals surface area contributed by atoms with Crippen molar-refractivity contribution in [3.05, 3.63) is 29.6 Å². The van der Waals surface area contributed by atoms with Gasteiger partial charge in [0.05, 0.1) is 22.9 Å². The molecule has 1 aliphatic heterocycles. The van der Waals surface area contributed by atoms with E-state index < -0.39 is 0 Å². The molecule has 1 aromatic heterocycles. The zero-order valence-electron chi connectivity index (χ0n) is 12.5. The number of aryl methyl sites for hydroxylation is 1. The van der Waals surface area contributed by atoms with E-state index in [4.69, 9.17) is 10.6 Å². The molecule has 4 nitrogen and oxygen atoms in total. The van der Waals surface area contributed by atoms with Crippen LogP contribution in [0.15, 0.2) is 18.3 Å². The van der Waals surface area contributed by atoms with E-state index in [1.165, 1.54) is 5.56 Å². The van der Waals surface area contributed by atoms with Gasteiger partial charge in [-0.1, -0.05) is 0 Å². The second-order valence-corrected chi connectivity index (χ2v) is 6.68. The molecule has 1 fully saturated rings. The van der Waals surface area contributed by atoms with Gasteiger partial charge in [-0.2, -0.15) is 0 Å². The van der Waals surface area contributed by atoms with Crippen molar-refractivity contribution >= 4 is 0 Å². The first-order valence-electron chi connectivity index (χ1n) is 6.84. The van der Waals surface area contributed by atoms with Crippen molar-refractivity contribution in [1.29, 1.82) is 0 Å². The van der Waals surface area contributed by atoms with E-state index in [2.05, 4.69) is 51.1 Å². The van der Waals surface area contributed by atoms with Crippen LogP contribution in [0.25, 0.3) is 0 Å². The first-order valence-corrected chi connectivity index (χ1v) is 6.84. The molecule has 1 aliphatic rings. The number of ether oxygens (including phenoxy) is 1. The van der Waals surface area contributed by atoms with E-state index in [-0.39, 0.29) is 17.2 Å². The van der Waals surface area contributed by atoms with E-state index in [9.17, 15) is 0 Å². The topological polar surface area (TPSA) is 60.2 Å². The number of nitrogens with one attached hydrogen (secondary N) is 1. The molecule has 1 aromatic rings. The molecule has 4 heteroatoms. The maximum atomic E-state index is 6.16. The van der Waals surface area contributed by atoms with Crippen LogP contribution in [-0.4, -0.2) is 16.2 Å². The molecule has 2 unspecified atom stereocenters. The number of pyridine rings is 1. The lowest BCUT2D eigenvalue weighted by molar-refractivity contribution is -0.0780. The second kappa shape index (κ2) is 4.85. The predicted molar refractivity (Wildman–Crippen MR) is 76.4 cm³/mol. The summed E-state index contributed by atoms with van der Waals surface area (Å²) in [7, 11) is 0. The quantitative estimate of drug-likeness (QED) is 0.650. The SMILES string of the molecule is Cc1ccnc(C(NN)C2CC(C)(C)OC2(C)C)c1. The molecule has 0 aromatic carbocycles. The summed E-state index contributed by atoms with van der Waals surface area (Å²) in [4.78, 5) is 4.47. The lowest BCUT2D eigenvalue weighted by Gasteiger charge is -2.32.